The van der Waals surface area contributed by atoms with Gasteiger partial charge in [0.15, 0.2) is 6.39 Å². The summed E-state index contributed by atoms with van der Waals surface area (Å²) in [5.74, 6) is 0.144. The van der Waals surface area contributed by atoms with E-state index in [1.54, 1.807) is 6.20 Å². The normalized spacial score (nSPS) is 9.85. The number of carbonyl (C=O) groups is 1. The minimum Gasteiger partial charge on any atom is -0.438 e. The predicted octanol–water partition coefficient (Wildman–Crippen LogP) is 0.650. The number of aromatic nitrogens is 3. The van der Waals surface area contributed by atoms with E-state index in [2.05, 4.69) is 20.3 Å². The van der Waals surface area contributed by atoms with E-state index in [1.165, 1.54) is 18.8 Å². The molecule has 1 amide bonds. The van der Waals surface area contributed by atoms with Gasteiger partial charge in [-0.15, -0.1) is 0 Å². The highest BCUT2D eigenvalue weighted by Crippen LogP contribution is 2.01. The van der Waals surface area contributed by atoms with Crippen LogP contribution in [-0.4, -0.2) is 20.9 Å². The van der Waals surface area contributed by atoms with Crippen molar-refractivity contribution in [1.29, 1.82) is 0 Å². The first kappa shape index (κ1) is 7.53. The maximum absolute atomic E-state index is 11.3. The SMILES string of the molecule is O=C(Nc1ncc[nH]1)c1cnco1. The summed E-state index contributed by atoms with van der Waals surface area (Å²) in [6.07, 6.45) is 5.67. The van der Waals surface area contributed by atoms with Crippen molar-refractivity contribution in [3.8, 4) is 0 Å². The molecule has 0 spiro atoms. The molecule has 0 aromatic carbocycles. The molecule has 0 aliphatic heterocycles. The van der Waals surface area contributed by atoms with E-state index >= 15 is 0 Å². The number of nitrogens with zero attached hydrogens (tertiary/aromatic N) is 2. The number of hydrogen-bond acceptors (Lipinski definition) is 4. The molecule has 2 rings (SSSR count). The van der Waals surface area contributed by atoms with Crippen molar-refractivity contribution in [1.82, 2.24) is 15.0 Å². The second kappa shape index (κ2) is 3.10. The van der Waals surface area contributed by atoms with E-state index < -0.39 is 0 Å². The largest absolute Gasteiger partial charge is 0.438 e. The van der Waals surface area contributed by atoms with Crippen LogP contribution < -0.4 is 5.32 Å². The second-order valence-corrected chi connectivity index (χ2v) is 2.26. The zero-order valence-electron chi connectivity index (χ0n) is 6.52. The summed E-state index contributed by atoms with van der Waals surface area (Å²) in [6, 6.07) is 0. The van der Waals surface area contributed by atoms with Crippen molar-refractivity contribution < 1.29 is 9.21 Å². The Morgan fingerprint density at radius 3 is 3.15 bits per heavy atom. The number of nitrogens with one attached hydrogen (secondary N) is 2. The third-order valence-electron chi connectivity index (χ3n) is 1.39. The van der Waals surface area contributed by atoms with E-state index in [-0.39, 0.29) is 11.7 Å². The predicted molar refractivity (Wildman–Crippen MR) is 43.0 cm³/mol. The minimum atomic E-state index is -0.382. The summed E-state index contributed by atoms with van der Waals surface area (Å²) in [6.45, 7) is 0. The van der Waals surface area contributed by atoms with Crippen molar-refractivity contribution >= 4 is 11.9 Å². The Morgan fingerprint density at radius 1 is 1.62 bits per heavy atom. The fraction of sp³-hybridized carbons (Fsp3) is 0. The average molecular weight is 178 g/mol. The number of oxazole rings is 1. The second-order valence-electron chi connectivity index (χ2n) is 2.26. The zero-order valence-corrected chi connectivity index (χ0v) is 6.52. The van der Waals surface area contributed by atoms with Crippen LogP contribution in [0.1, 0.15) is 10.6 Å². The van der Waals surface area contributed by atoms with Crippen LogP contribution in [0, 0.1) is 0 Å². The van der Waals surface area contributed by atoms with Crippen LogP contribution in [0.5, 0.6) is 0 Å². The van der Waals surface area contributed by atoms with Gasteiger partial charge in [-0.3, -0.25) is 10.1 Å². The molecule has 2 N–H and O–H groups in total. The molecule has 66 valence electrons. The molecule has 0 atom stereocenters. The average Bonchev–Trinajstić information content (AvgIpc) is 2.74. The van der Waals surface area contributed by atoms with E-state index in [1.807, 2.05) is 0 Å². The van der Waals surface area contributed by atoms with Gasteiger partial charge in [-0.2, -0.15) is 0 Å². The highest BCUT2D eigenvalue weighted by atomic mass is 16.3. The number of hydrogen-bond donors (Lipinski definition) is 2. The van der Waals surface area contributed by atoms with E-state index in [0.29, 0.717) is 5.95 Å². The Bertz CT molecular complexity index is 379. The molecule has 0 saturated carbocycles. The summed E-state index contributed by atoms with van der Waals surface area (Å²) in [7, 11) is 0. The van der Waals surface area contributed by atoms with Gasteiger partial charge in [-0.1, -0.05) is 0 Å². The summed E-state index contributed by atoms with van der Waals surface area (Å²) < 4.78 is 4.78. The van der Waals surface area contributed by atoms with Gasteiger partial charge in [0, 0.05) is 12.4 Å². The molecule has 0 radical (unpaired) electrons. The van der Waals surface area contributed by atoms with Crippen molar-refractivity contribution in [2.45, 2.75) is 0 Å². The lowest BCUT2D eigenvalue weighted by molar-refractivity contribution is 0.0996. The van der Waals surface area contributed by atoms with Crippen LogP contribution in [0.3, 0.4) is 0 Å². The summed E-state index contributed by atoms with van der Waals surface area (Å²) in [5, 5.41) is 2.48. The lowest BCUT2D eigenvalue weighted by Crippen LogP contribution is -2.11. The molecule has 0 unspecified atom stereocenters. The van der Waals surface area contributed by atoms with Crippen molar-refractivity contribution in [2.24, 2.45) is 0 Å². The zero-order chi connectivity index (χ0) is 9.10. The Balaban J connectivity index is 2.08. The van der Waals surface area contributed by atoms with Crippen LogP contribution in [0.2, 0.25) is 0 Å². The lowest BCUT2D eigenvalue weighted by Gasteiger charge is -1.95. The molecule has 6 heteroatoms. The molecule has 2 aromatic rings. The standard InChI is InChI=1S/C7H6N4O2/c12-6(5-3-8-4-13-5)11-7-9-1-2-10-7/h1-4H,(H2,9,10,11,12). The van der Waals surface area contributed by atoms with Crippen molar-refractivity contribution in [2.75, 3.05) is 5.32 Å². The monoisotopic (exact) mass is 178 g/mol. The summed E-state index contributed by atoms with van der Waals surface area (Å²) in [5.41, 5.74) is 0. The van der Waals surface area contributed by atoms with Crippen LogP contribution in [0.15, 0.2) is 29.4 Å². The number of rotatable bonds is 2. The maximum Gasteiger partial charge on any atom is 0.295 e. The molecule has 0 bridgehead atoms. The van der Waals surface area contributed by atoms with Gasteiger partial charge in [0.05, 0.1) is 6.20 Å². The molecule has 0 aliphatic rings. The van der Waals surface area contributed by atoms with Gasteiger partial charge in [0.2, 0.25) is 11.7 Å². The van der Waals surface area contributed by atoms with Gasteiger partial charge in [0.25, 0.3) is 5.91 Å². The molecule has 0 aliphatic carbocycles. The number of anilines is 1. The smallest absolute Gasteiger partial charge is 0.295 e. The Kier molecular flexibility index (Phi) is 1.79. The summed E-state index contributed by atoms with van der Waals surface area (Å²) >= 11 is 0. The van der Waals surface area contributed by atoms with Crippen molar-refractivity contribution in [3.63, 3.8) is 0 Å². The van der Waals surface area contributed by atoms with Gasteiger partial charge >= 0.3 is 0 Å². The molecule has 0 saturated heterocycles. The number of carbonyl (C=O) groups excluding carboxylic acids is 1. The Labute approximate surface area is 73.0 Å². The molecule has 6 nitrogen and oxygen atoms in total. The first-order valence-electron chi connectivity index (χ1n) is 3.55. The summed E-state index contributed by atoms with van der Waals surface area (Å²) in [4.78, 5) is 21.4. The highest BCUT2D eigenvalue weighted by Gasteiger charge is 2.09. The van der Waals surface area contributed by atoms with E-state index in [9.17, 15) is 4.79 Å². The maximum atomic E-state index is 11.3. The molecular formula is C7H6N4O2. The Hall–Kier alpha value is -2.11. The Morgan fingerprint density at radius 2 is 2.54 bits per heavy atom. The third-order valence-corrected chi connectivity index (χ3v) is 1.39. The first-order chi connectivity index (χ1) is 6.36. The van der Waals surface area contributed by atoms with Crippen LogP contribution in [0.4, 0.5) is 5.95 Å². The molecule has 0 fully saturated rings. The fourth-order valence-electron chi connectivity index (χ4n) is 0.831. The molecule has 13 heavy (non-hydrogen) atoms. The van der Waals surface area contributed by atoms with Crippen LogP contribution in [-0.2, 0) is 0 Å². The van der Waals surface area contributed by atoms with Gasteiger partial charge in [-0.25, -0.2) is 9.97 Å². The topological polar surface area (TPSA) is 83.8 Å². The first-order valence-corrected chi connectivity index (χ1v) is 3.55. The van der Waals surface area contributed by atoms with Gasteiger partial charge in [-0.05, 0) is 0 Å². The van der Waals surface area contributed by atoms with Crippen molar-refractivity contribution in [3.05, 3.63) is 30.7 Å². The number of aromatic amines is 1. The minimum absolute atomic E-state index is 0.149. The fourth-order valence-corrected chi connectivity index (χ4v) is 0.831. The number of amides is 1. The molecular weight excluding hydrogens is 172 g/mol. The quantitative estimate of drug-likeness (QED) is 0.707. The number of imidazole rings is 1. The third kappa shape index (κ3) is 1.56. The van der Waals surface area contributed by atoms with Crippen LogP contribution >= 0.6 is 0 Å². The van der Waals surface area contributed by atoms with E-state index in [4.69, 9.17) is 4.42 Å². The molecule has 2 heterocycles. The highest BCUT2D eigenvalue weighted by molar-refractivity contribution is 6.00. The lowest BCUT2D eigenvalue weighted by atomic mass is 10.5. The van der Waals surface area contributed by atoms with Gasteiger partial charge < -0.3 is 9.40 Å². The molecule has 2 aromatic heterocycles. The number of H-pyrrole nitrogens is 1. The van der Waals surface area contributed by atoms with Crippen LogP contribution in [0.25, 0.3) is 0 Å². The van der Waals surface area contributed by atoms with E-state index in [0.717, 1.165) is 0 Å². The van der Waals surface area contributed by atoms with Gasteiger partial charge in [0.1, 0.15) is 0 Å².